The van der Waals surface area contributed by atoms with Gasteiger partial charge in [-0.05, 0) is 24.3 Å². The fraction of sp³-hybridized carbons (Fsp3) is 0.444. The van der Waals surface area contributed by atoms with Crippen LogP contribution in [0.3, 0.4) is 0 Å². The number of hydrogen-bond acceptors (Lipinski definition) is 8. The topological polar surface area (TPSA) is 89.5 Å². The van der Waals surface area contributed by atoms with Gasteiger partial charge in [0.05, 0.1) is 14.2 Å². The Labute approximate surface area is 152 Å². The number of methoxy groups -OCH3 is 6. The molecule has 0 N–H and O–H groups in total. The van der Waals surface area contributed by atoms with Gasteiger partial charge in [-0.25, -0.2) is 9.59 Å². The van der Waals surface area contributed by atoms with Gasteiger partial charge in [0.1, 0.15) is 0 Å². The number of carbonyl (C=O) groups is 2. The van der Waals surface area contributed by atoms with E-state index in [-0.39, 0.29) is 0 Å². The second-order valence-corrected chi connectivity index (χ2v) is 5.06. The first kappa shape index (κ1) is 21.8. The lowest BCUT2D eigenvalue weighted by atomic mass is 9.88. The third-order valence-corrected chi connectivity index (χ3v) is 3.91. The third kappa shape index (κ3) is 4.47. The van der Waals surface area contributed by atoms with E-state index >= 15 is 0 Å². The van der Waals surface area contributed by atoms with E-state index in [1.807, 2.05) is 0 Å². The Balaban J connectivity index is 3.51. The van der Waals surface area contributed by atoms with Crippen molar-refractivity contribution >= 4 is 11.9 Å². The minimum Gasteiger partial charge on any atom is -0.466 e. The summed E-state index contributed by atoms with van der Waals surface area (Å²) < 4.78 is 31.3. The van der Waals surface area contributed by atoms with Crippen molar-refractivity contribution in [2.24, 2.45) is 0 Å². The van der Waals surface area contributed by atoms with Crippen LogP contribution in [-0.4, -0.2) is 66.2 Å². The SMILES string of the molecule is COC(=O)/C=C/C1=CC(OC)(OC)C(/C=C/C(=O)OC)=CC1(OC)OC. The Hall–Kier alpha value is -2.26. The first-order chi connectivity index (χ1) is 12.4. The van der Waals surface area contributed by atoms with E-state index in [9.17, 15) is 9.59 Å². The molecule has 26 heavy (non-hydrogen) atoms. The molecule has 0 unspecified atom stereocenters. The molecule has 8 nitrogen and oxygen atoms in total. The molecule has 0 spiro atoms. The minimum absolute atomic E-state index is 0.437. The fourth-order valence-electron chi connectivity index (χ4n) is 2.43. The molecule has 0 fully saturated rings. The van der Waals surface area contributed by atoms with E-state index in [2.05, 4.69) is 9.47 Å². The van der Waals surface area contributed by atoms with Gasteiger partial charge < -0.3 is 28.4 Å². The minimum atomic E-state index is -1.33. The molecule has 1 aliphatic rings. The second kappa shape index (κ2) is 9.44. The molecule has 0 aromatic heterocycles. The zero-order valence-electron chi connectivity index (χ0n) is 15.7. The Kier molecular flexibility index (Phi) is 7.91. The predicted octanol–water partition coefficient (Wildman–Crippen LogP) is 1.29. The highest BCUT2D eigenvalue weighted by molar-refractivity contribution is 5.83. The van der Waals surface area contributed by atoms with E-state index in [1.165, 1.54) is 67.0 Å². The Morgan fingerprint density at radius 3 is 1.23 bits per heavy atom. The average molecular weight is 368 g/mol. The Bertz CT molecular complexity index is 578. The third-order valence-electron chi connectivity index (χ3n) is 3.91. The van der Waals surface area contributed by atoms with Crippen LogP contribution in [-0.2, 0) is 38.0 Å². The second-order valence-electron chi connectivity index (χ2n) is 5.06. The summed E-state index contributed by atoms with van der Waals surface area (Å²) >= 11 is 0. The van der Waals surface area contributed by atoms with E-state index in [4.69, 9.17) is 18.9 Å². The molecule has 144 valence electrons. The van der Waals surface area contributed by atoms with Crippen LogP contribution in [0.5, 0.6) is 0 Å². The first-order valence-corrected chi connectivity index (χ1v) is 7.56. The molecular weight excluding hydrogens is 344 g/mol. The van der Waals surface area contributed by atoms with Gasteiger partial charge in [0.25, 0.3) is 0 Å². The van der Waals surface area contributed by atoms with Gasteiger partial charge >= 0.3 is 11.9 Å². The highest BCUT2D eigenvalue weighted by atomic mass is 16.7. The van der Waals surface area contributed by atoms with Crippen molar-refractivity contribution in [2.45, 2.75) is 11.6 Å². The number of hydrogen-bond donors (Lipinski definition) is 0. The number of carbonyl (C=O) groups excluding carboxylic acids is 2. The highest BCUT2D eigenvalue weighted by Gasteiger charge is 2.44. The first-order valence-electron chi connectivity index (χ1n) is 7.56. The van der Waals surface area contributed by atoms with Crippen molar-refractivity contribution in [3.05, 3.63) is 47.6 Å². The van der Waals surface area contributed by atoms with Crippen molar-refractivity contribution in [3.8, 4) is 0 Å². The van der Waals surface area contributed by atoms with Crippen LogP contribution >= 0.6 is 0 Å². The summed E-state index contributed by atoms with van der Waals surface area (Å²) in [6, 6.07) is 0. The zero-order valence-corrected chi connectivity index (χ0v) is 15.7. The normalized spacial score (nSPS) is 18.5. The summed E-state index contributed by atoms with van der Waals surface area (Å²) in [5.74, 6) is -3.76. The summed E-state index contributed by atoms with van der Waals surface area (Å²) in [7, 11) is 8.29. The van der Waals surface area contributed by atoms with Gasteiger partial charge in [-0.2, -0.15) is 0 Å². The maximum absolute atomic E-state index is 11.5. The largest absolute Gasteiger partial charge is 0.466 e. The van der Waals surface area contributed by atoms with Crippen LogP contribution in [0.25, 0.3) is 0 Å². The Morgan fingerprint density at radius 2 is 1.00 bits per heavy atom. The summed E-state index contributed by atoms with van der Waals surface area (Å²) in [5.41, 5.74) is 0.874. The van der Waals surface area contributed by atoms with Crippen LogP contribution in [0.2, 0.25) is 0 Å². The van der Waals surface area contributed by atoms with Crippen molar-refractivity contribution in [3.63, 3.8) is 0 Å². The molecule has 0 bridgehead atoms. The molecule has 0 saturated heterocycles. The number of esters is 2. The van der Waals surface area contributed by atoms with Crippen LogP contribution in [0.1, 0.15) is 0 Å². The molecular formula is C18H24O8. The van der Waals surface area contributed by atoms with Gasteiger partial charge in [0.15, 0.2) is 0 Å². The standard InChI is InChI=1S/C18H24O8/c1-21-15(19)9-7-13-11-18(25-5,26-6)14(8-10-16(20)22-2)12-17(13,23-3)24-4/h7-12H,1-6H3/b9-7+,10-8+. The molecule has 0 aromatic carbocycles. The van der Waals surface area contributed by atoms with Gasteiger partial charge in [-0.1, -0.05) is 0 Å². The lowest BCUT2D eigenvalue weighted by Crippen LogP contribution is -2.44. The molecule has 0 radical (unpaired) electrons. The average Bonchev–Trinajstić information content (AvgIpc) is 2.69. The van der Waals surface area contributed by atoms with Crippen molar-refractivity contribution in [1.29, 1.82) is 0 Å². The molecule has 0 amide bonds. The van der Waals surface area contributed by atoms with E-state index in [1.54, 1.807) is 12.2 Å². The summed E-state index contributed by atoms with van der Waals surface area (Å²) in [6.45, 7) is 0. The molecule has 0 saturated carbocycles. The maximum Gasteiger partial charge on any atom is 0.330 e. The fourth-order valence-corrected chi connectivity index (χ4v) is 2.43. The lowest BCUT2D eigenvalue weighted by molar-refractivity contribution is -0.168. The molecule has 1 aliphatic carbocycles. The molecule has 0 heterocycles. The van der Waals surface area contributed by atoms with Crippen LogP contribution < -0.4 is 0 Å². The Morgan fingerprint density at radius 1 is 0.692 bits per heavy atom. The van der Waals surface area contributed by atoms with Crippen molar-refractivity contribution < 1.29 is 38.0 Å². The maximum atomic E-state index is 11.5. The van der Waals surface area contributed by atoms with Crippen molar-refractivity contribution in [1.82, 2.24) is 0 Å². The lowest BCUT2D eigenvalue weighted by Gasteiger charge is -2.40. The highest BCUT2D eigenvalue weighted by Crippen LogP contribution is 2.39. The molecule has 0 aromatic rings. The summed E-state index contributed by atoms with van der Waals surface area (Å²) in [6.07, 6.45) is 8.55. The van der Waals surface area contributed by atoms with Gasteiger partial charge in [0.2, 0.25) is 11.6 Å². The van der Waals surface area contributed by atoms with Crippen LogP contribution in [0.4, 0.5) is 0 Å². The zero-order chi connectivity index (χ0) is 19.8. The van der Waals surface area contributed by atoms with Crippen LogP contribution in [0, 0.1) is 0 Å². The monoisotopic (exact) mass is 368 g/mol. The smallest absolute Gasteiger partial charge is 0.330 e. The molecule has 1 rings (SSSR count). The van der Waals surface area contributed by atoms with Gasteiger partial charge in [0, 0.05) is 51.7 Å². The molecule has 0 atom stereocenters. The van der Waals surface area contributed by atoms with Crippen LogP contribution in [0.15, 0.2) is 47.6 Å². The quantitative estimate of drug-likeness (QED) is 0.360. The predicted molar refractivity (Wildman–Crippen MR) is 92.0 cm³/mol. The summed E-state index contributed by atoms with van der Waals surface area (Å²) in [5, 5.41) is 0. The van der Waals surface area contributed by atoms with E-state index in [0.717, 1.165) is 0 Å². The molecule has 8 heteroatoms. The van der Waals surface area contributed by atoms with Gasteiger partial charge in [-0.15, -0.1) is 0 Å². The van der Waals surface area contributed by atoms with E-state index in [0.29, 0.717) is 11.1 Å². The number of ether oxygens (including phenoxy) is 6. The van der Waals surface area contributed by atoms with Crippen molar-refractivity contribution in [2.75, 3.05) is 42.7 Å². The van der Waals surface area contributed by atoms with Gasteiger partial charge in [-0.3, -0.25) is 0 Å². The van der Waals surface area contributed by atoms with E-state index < -0.39 is 23.5 Å². The summed E-state index contributed by atoms with van der Waals surface area (Å²) in [4.78, 5) is 22.9. The molecule has 0 aliphatic heterocycles. The number of rotatable bonds is 8.